The molecule has 0 saturated heterocycles. The van der Waals surface area contributed by atoms with Crippen molar-refractivity contribution in [1.29, 1.82) is 0 Å². The summed E-state index contributed by atoms with van der Waals surface area (Å²) in [5.74, 6) is 0.318. The van der Waals surface area contributed by atoms with E-state index in [1.54, 1.807) is 44.2 Å². The fraction of sp³-hybridized carbons (Fsp3) is 0.273. The highest BCUT2D eigenvalue weighted by Gasteiger charge is 2.20. The molecule has 3 rings (SSSR count). The number of para-hydroxylation sites is 1. The smallest absolute Gasteiger partial charge is 0.257 e. The zero-order chi connectivity index (χ0) is 19.4. The first kappa shape index (κ1) is 18.9. The van der Waals surface area contributed by atoms with Crippen molar-refractivity contribution in [3.63, 3.8) is 0 Å². The topological polar surface area (TPSA) is 59.8 Å². The lowest BCUT2D eigenvalue weighted by Crippen LogP contribution is -2.28. The minimum Gasteiger partial charge on any atom is -0.455 e. The summed E-state index contributed by atoms with van der Waals surface area (Å²) in [5.41, 5.74) is 1.94. The first-order valence-electron chi connectivity index (χ1n) is 8.91. The zero-order valence-corrected chi connectivity index (χ0v) is 15.8. The van der Waals surface area contributed by atoms with Gasteiger partial charge in [0.1, 0.15) is 5.76 Å². The number of fused-ring (bicyclic) bond motifs is 1. The van der Waals surface area contributed by atoms with Crippen LogP contribution in [0.2, 0.25) is 0 Å². The lowest BCUT2D eigenvalue weighted by molar-refractivity contribution is 0.0780. The van der Waals surface area contributed by atoms with Crippen LogP contribution in [0.3, 0.4) is 0 Å². The van der Waals surface area contributed by atoms with E-state index in [2.05, 4.69) is 0 Å². The van der Waals surface area contributed by atoms with Gasteiger partial charge in [-0.1, -0.05) is 36.4 Å². The fourth-order valence-corrected chi connectivity index (χ4v) is 3.10. The van der Waals surface area contributed by atoms with Gasteiger partial charge in [0.25, 0.3) is 5.91 Å². The molecular formula is C22H23NO4. The minimum absolute atomic E-state index is 0.119. The molecule has 0 spiro atoms. The van der Waals surface area contributed by atoms with Crippen LogP contribution < -0.4 is 5.43 Å². The SMILES string of the molecule is COCCCN(C)C(=O)c1cccc2c(=O)c(C)c(-c3ccccc3)oc12. The molecule has 5 nitrogen and oxygen atoms in total. The highest BCUT2D eigenvalue weighted by atomic mass is 16.5. The summed E-state index contributed by atoms with van der Waals surface area (Å²) in [7, 11) is 3.37. The number of benzene rings is 2. The van der Waals surface area contributed by atoms with Gasteiger partial charge in [-0.2, -0.15) is 0 Å². The third-order valence-corrected chi connectivity index (χ3v) is 4.60. The average Bonchev–Trinajstić information content (AvgIpc) is 2.70. The lowest BCUT2D eigenvalue weighted by atomic mass is 10.0. The summed E-state index contributed by atoms with van der Waals surface area (Å²) < 4.78 is 11.2. The highest BCUT2D eigenvalue weighted by Crippen LogP contribution is 2.27. The van der Waals surface area contributed by atoms with Crippen molar-refractivity contribution in [2.75, 3.05) is 27.3 Å². The van der Waals surface area contributed by atoms with Gasteiger partial charge in [0.05, 0.1) is 10.9 Å². The Morgan fingerprint density at radius 3 is 2.56 bits per heavy atom. The van der Waals surface area contributed by atoms with Crippen LogP contribution in [0.25, 0.3) is 22.3 Å². The molecule has 3 aromatic rings. The number of nitrogens with zero attached hydrogens (tertiary/aromatic N) is 1. The Balaban J connectivity index is 2.11. The normalized spacial score (nSPS) is 10.9. The van der Waals surface area contributed by atoms with Gasteiger partial charge in [-0.3, -0.25) is 9.59 Å². The molecule has 0 saturated carbocycles. The molecule has 0 aliphatic rings. The molecule has 0 N–H and O–H groups in total. The minimum atomic E-state index is -0.178. The molecule has 2 aromatic carbocycles. The van der Waals surface area contributed by atoms with Gasteiger partial charge in [0.2, 0.25) is 0 Å². The molecule has 140 valence electrons. The molecule has 0 atom stereocenters. The van der Waals surface area contributed by atoms with E-state index >= 15 is 0 Å². The van der Waals surface area contributed by atoms with E-state index in [1.807, 2.05) is 30.3 Å². The Hall–Kier alpha value is -2.92. The molecule has 1 heterocycles. The van der Waals surface area contributed by atoms with E-state index in [4.69, 9.17) is 9.15 Å². The standard InChI is InChI=1S/C22H23NO4/c1-15-19(24)17-11-7-12-18(22(25)23(2)13-8-14-26-3)21(17)27-20(15)16-9-5-4-6-10-16/h4-7,9-12H,8,13-14H2,1-3H3. The van der Waals surface area contributed by atoms with Crippen LogP contribution in [0.1, 0.15) is 22.3 Å². The zero-order valence-electron chi connectivity index (χ0n) is 15.8. The maximum atomic E-state index is 12.9. The summed E-state index contributed by atoms with van der Waals surface area (Å²) in [5, 5.41) is 0.420. The van der Waals surface area contributed by atoms with Crippen molar-refractivity contribution in [1.82, 2.24) is 4.90 Å². The van der Waals surface area contributed by atoms with Crippen LogP contribution >= 0.6 is 0 Å². The number of hydrogen-bond acceptors (Lipinski definition) is 4. The van der Waals surface area contributed by atoms with Gasteiger partial charge < -0.3 is 14.1 Å². The predicted octanol–water partition coefficient (Wildman–Crippen LogP) is 3.88. The maximum Gasteiger partial charge on any atom is 0.257 e. The molecule has 0 fully saturated rings. The third-order valence-electron chi connectivity index (χ3n) is 4.60. The quantitative estimate of drug-likeness (QED) is 0.622. The van der Waals surface area contributed by atoms with Crippen molar-refractivity contribution < 1.29 is 13.9 Å². The first-order valence-corrected chi connectivity index (χ1v) is 8.91. The van der Waals surface area contributed by atoms with Crippen LogP contribution in [-0.4, -0.2) is 38.1 Å². The monoisotopic (exact) mass is 365 g/mol. The molecule has 0 unspecified atom stereocenters. The number of carbonyl (C=O) groups excluding carboxylic acids is 1. The molecule has 0 aliphatic heterocycles. The molecule has 1 amide bonds. The Bertz CT molecular complexity index is 1010. The molecule has 0 radical (unpaired) electrons. The molecular weight excluding hydrogens is 342 g/mol. The second-order valence-corrected chi connectivity index (χ2v) is 6.51. The molecule has 1 aromatic heterocycles. The van der Waals surface area contributed by atoms with Crippen LogP contribution in [0, 0.1) is 6.92 Å². The second-order valence-electron chi connectivity index (χ2n) is 6.51. The summed E-state index contributed by atoms with van der Waals surface area (Å²) in [6.45, 7) is 2.89. The third kappa shape index (κ3) is 3.78. The van der Waals surface area contributed by atoms with E-state index < -0.39 is 0 Å². The van der Waals surface area contributed by atoms with Crippen LogP contribution in [0.4, 0.5) is 0 Å². The van der Waals surface area contributed by atoms with Crippen LogP contribution in [-0.2, 0) is 4.74 Å². The van der Waals surface area contributed by atoms with E-state index in [0.29, 0.717) is 41.0 Å². The number of methoxy groups -OCH3 is 1. The summed E-state index contributed by atoms with van der Waals surface area (Å²) in [6, 6.07) is 14.6. The van der Waals surface area contributed by atoms with E-state index in [0.717, 1.165) is 12.0 Å². The predicted molar refractivity (Wildman–Crippen MR) is 106 cm³/mol. The molecule has 27 heavy (non-hydrogen) atoms. The molecule has 5 heteroatoms. The van der Waals surface area contributed by atoms with Crippen LogP contribution in [0.15, 0.2) is 57.7 Å². The number of hydrogen-bond donors (Lipinski definition) is 0. The Morgan fingerprint density at radius 1 is 1.11 bits per heavy atom. The van der Waals surface area contributed by atoms with Crippen LogP contribution in [0.5, 0.6) is 0 Å². The fourth-order valence-electron chi connectivity index (χ4n) is 3.10. The summed E-state index contributed by atoms with van der Waals surface area (Å²) >= 11 is 0. The number of amides is 1. The van der Waals surface area contributed by atoms with Gasteiger partial charge in [-0.25, -0.2) is 0 Å². The number of ether oxygens (including phenoxy) is 1. The van der Waals surface area contributed by atoms with Gasteiger partial charge >= 0.3 is 0 Å². The molecule has 0 bridgehead atoms. The Labute approximate surface area is 158 Å². The van der Waals surface area contributed by atoms with Crippen molar-refractivity contribution in [3.05, 3.63) is 69.9 Å². The number of rotatable bonds is 6. The van der Waals surface area contributed by atoms with Crippen molar-refractivity contribution in [2.24, 2.45) is 0 Å². The molecule has 0 aliphatic carbocycles. The van der Waals surface area contributed by atoms with Gasteiger partial charge in [0.15, 0.2) is 11.0 Å². The van der Waals surface area contributed by atoms with Gasteiger partial charge in [0, 0.05) is 38.4 Å². The van der Waals surface area contributed by atoms with Gasteiger partial charge in [-0.05, 0) is 25.5 Å². The van der Waals surface area contributed by atoms with Crippen molar-refractivity contribution >= 4 is 16.9 Å². The van der Waals surface area contributed by atoms with Gasteiger partial charge in [-0.15, -0.1) is 0 Å². The Kier molecular flexibility index (Phi) is 5.72. The van der Waals surface area contributed by atoms with E-state index in [-0.39, 0.29) is 11.3 Å². The Morgan fingerprint density at radius 2 is 1.85 bits per heavy atom. The number of carbonyl (C=O) groups is 1. The highest BCUT2D eigenvalue weighted by molar-refractivity contribution is 6.05. The lowest BCUT2D eigenvalue weighted by Gasteiger charge is -2.18. The first-order chi connectivity index (χ1) is 13.0. The van der Waals surface area contributed by atoms with E-state index in [1.165, 1.54) is 0 Å². The van der Waals surface area contributed by atoms with Crippen molar-refractivity contribution in [2.45, 2.75) is 13.3 Å². The van der Waals surface area contributed by atoms with E-state index in [9.17, 15) is 9.59 Å². The summed E-state index contributed by atoms with van der Waals surface area (Å²) in [6.07, 6.45) is 0.738. The average molecular weight is 365 g/mol. The summed E-state index contributed by atoms with van der Waals surface area (Å²) in [4.78, 5) is 27.4. The van der Waals surface area contributed by atoms with Crippen molar-refractivity contribution in [3.8, 4) is 11.3 Å². The largest absolute Gasteiger partial charge is 0.455 e. The second kappa shape index (κ2) is 8.18. The maximum absolute atomic E-state index is 12.9.